The maximum atomic E-state index is 7.42. The molecule has 0 aliphatic heterocycles. The van der Waals surface area contributed by atoms with Crippen LogP contribution in [-0.4, -0.2) is 6.10 Å². The molecular weight excluding hydrogens is 737 g/mol. The van der Waals surface area contributed by atoms with Crippen LogP contribution in [-0.2, 0) is 6.42 Å². The average molecular weight is 785 g/mol. The molecule has 290 valence electrons. The van der Waals surface area contributed by atoms with Gasteiger partial charge in [0.25, 0.3) is 0 Å². The molecule has 2 aromatic heterocycles. The fourth-order valence-electron chi connectivity index (χ4n) is 11.6. The van der Waals surface area contributed by atoms with Gasteiger partial charge in [-0.3, -0.25) is 0 Å². The lowest BCUT2D eigenvalue weighted by atomic mass is 9.67. The van der Waals surface area contributed by atoms with Gasteiger partial charge in [0.1, 0.15) is 23.2 Å². The molecule has 5 aliphatic carbocycles. The molecule has 12 rings (SSSR count). The van der Waals surface area contributed by atoms with Crippen LogP contribution in [0.25, 0.3) is 42.8 Å². The second-order valence-corrected chi connectivity index (χ2v) is 18.8. The molecular formula is C56H48O2S. The summed E-state index contributed by atoms with van der Waals surface area (Å²) in [5.41, 5.74) is 12.4. The van der Waals surface area contributed by atoms with Crippen molar-refractivity contribution < 1.29 is 9.15 Å². The Labute approximate surface area is 350 Å². The van der Waals surface area contributed by atoms with E-state index in [-0.39, 0.29) is 6.10 Å². The quantitative estimate of drug-likeness (QED) is 0.161. The van der Waals surface area contributed by atoms with Crippen LogP contribution >= 0.6 is 11.3 Å². The van der Waals surface area contributed by atoms with E-state index in [1.807, 2.05) is 11.3 Å². The van der Waals surface area contributed by atoms with Crippen LogP contribution in [0.1, 0.15) is 102 Å². The van der Waals surface area contributed by atoms with Crippen LogP contribution in [0, 0.1) is 11.8 Å². The third-order valence-electron chi connectivity index (χ3n) is 14.5. The number of hydrogen-bond acceptors (Lipinski definition) is 3. The Morgan fingerprint density at radius 3 is 2.54 bits per heavy atom. The predicted octanol–water partition coefficient (Wildman–Crippen LogP) is 15.2. The molecule has 7 aromatic rings. The lowest BCUT2D eigenvalue weighted by Crippen LogP contribution is -2.29. The van der Waals surface area contributed by atoms with Gasteiger partial charge in [0.15, 0.2) is 0 Å². The van der Waals surface area contributed by atoms with Gasteiger partial charge in [-0.05, 0) is 126 Å². The molecule has 0 bridgehead atoms. The van der Waals surface area contributed by atoms with Gasteiger partial charge in [0.2, 0.25) is 0 Å². The fraction of sp³-hybridized carbons (Fsp3) is 0.250. The Kier molecular flexibility index (Phi) is 8.55. The molecule has 0 radical (unpaired) electrons. The minimum Gasteiger partial charge on any atom is -0.485 e. The number of fused-ring (bicyclic) bond motifs is 11. The lowest BCUT2D eigenvalue weighted by molar-refractivity contribution is 0.250. The zero-order chi connectivity index (χ0) is 39.0. The van der Waals surface area contributed by atoms with Crippen molar-refractivity contribution in [2.24, 2.45) is 11.8 Å². The minimum atomic E-state index is -0.0271. The molecule has 3 heteroatoms. The van der Waals surface area contributed by atoms with E-state index in [0.717, 1.165) is 36.4 Å². The molecule has 0 saturated heterocycles. The Bertz CT molecular complexity index is 2940. The summed E-state index contributed by atoms with van der Waals surface area (Å²) in [6, 6.07) is 40.8. The highest BCUT2D eigenvalue weighted by molar-refractivity contribution is 7.25. The normalized spacial score (nSPS) is 24.5. The van der Waals surface area contributed by atoms with Crippen molar-refractivity contribution in [3.63, 3.8) is 0 Å². The number of thiophene rings is 1. The summed E-state index contributed by atoms with van der Waals surface area (Å²) >= 11 is 1.90. The monoisotopic (exact) mass is 784 g/mol. The van der Waals surface area contributed by atoms with E-state index in [1.165, 1.54) is 89.3 Å². The zero-order valence-electron chi connectivity index (χ0n) is 33.5. The van der Waals surface area contributed by atoms with Crippen molar-refractivity contribution in [2.45, 2.75) is 75.2 Å². The first-order valence-corrected chi connectivity index (χ1v) is 22.7. The number of furan rings is 1. The second kappa shape index (κ2) is 14.3. The van der Waals surface area contributed by atoms with Gasteiger partial charge in [-0.25, -0.2) is 0 Å². The van der Waals surface area contributed by atoms with Gasteiger partial charge in [0, 0.05) is 54.6 Å². The van der Waals surface area contributed by atoms with Gasteiger partial charge >= 0.3 is 0 Å². The summed E-state index contributed by atoms with van der Waals surface area (Å²) in [4.78, 5) is 0. The maximum absolute atomic E-state index is 7.42. The van der Waals surface area contributed by atoms with Crippen LogP contribution in [0.4, 0.5) is 0 Å². The molecule has 0 fully saturated rings. The number of ether oxygens (including phenoxy) is 1. The SMILES string of the molecule is CC(c1ccc2sc3ccccc3c2c1)[C@H]1CC2=C(c3ccccc31)C(Oc1cccc3c1C1C=CC=CC1CC3CCC1C=Cc3oc4ccccc4c3C1)CC=C2. The smallest absolute Gasteiger partial charge is 0.135 e. The summed E-state index contributed by atoms with van der Waals surface area (Å²) in [5.74, 6) is 4.71. The van der Waals surface area contributed by atoms with E-state index in [0.29, 0.717) is 35.5 Å². The third-order valence-corrected chi connectivity index (χ3v) is 15.7. The maximum Gasteiger partial charge on any atom is 0.135 e. The van der Waals surface area contributed by atoms with E-state index in [9.17, 15) is 0 Å². The van der Waals surface area contributed by atoms with E-state index < -0.39 is 0 Å². The Morgan fingerprint density at radius 2 is 1.58 bits per heavy atom. The molecule has 0 N–H and O–H groups in total. The fourth-order valence-corrected chi connectivity index (χ4v) is 12.7. The van der Waals surface area contributed by atoms with Crippen molar-refractivity contribution in [1.29, 1.82) is 0 Å². The third kappa shape index (κ3) is 5.95. The van der Waals surface area contributed by atoms with Crippen LogP contribution in [0.2, 0.25) is 0 Å². The Balaban J connectivity index is 0.842. The standard InChI is InChI=1S/C56H48O2S/c1-34(36-27-29-54-48(32-36)44-17-7-9-23-53(44)59-54)46-33-39-13-10-21-51(55(39)45-18-5-4-15-42(45)46)58-52-22-11-19-41-38(31-37-12-2-3-14-40(37)56(41)52)26-24-35-25-28-50-47(30-35)43-16-6-8-20-49(43)57-50/h2-20,22-23,25,27-29,32,34-35,37-38,40,46,51H,21,24,26,30-31,33H2,1H3/t34?,35?,37?,38?,40?,46-,51?/m1/s1. The van der Waals surface area contributed by atoms with Gasteiger partial charge in [-0.2, -0.15) is 0 Å². The summed E-state index contributed by atoms with van der Waals surface area (Å²) < 4.78 is 16.4. The van der Waals surface area contributed by atoms with Crippen LogP contribution < -0.4 is 4.74 Å². The number of hydrogen-bond donors (Lipinski definition) is 0. The topological polar surface area (TPSA) is 22.4 Å². The molecule has 2 heterocycles. The molecule has 0 spiro atoms. The second-order valence-electron chi connectivity index (χ2n) is 17.7. The molecule has 0 saturated carbocycles. The average Bonchev–Trinajstić information content (AvgIpc) is 3.85. The zero-order valence-corrected chi connectivity index (χ0v) is 34.3. The molecule has 5 aliphatic rings. The molecule has 0 amide bonds. The summed E-state index contributed by atoms with van der Waals surface area (Å²) in [7, 11) is 0. The van der Waals surface area contributed by atoms with E-state index in [1.54, 1.807) is 0 Å². The van der Waals surface area contributed by atoms with Gasteiger partial charge in [-0.1, -0.05) is 128 Å². The van der Waals surface area contributed by atoms with Crippen LogP contribution in [0.5, 0.6) is 5.75 Å². The molecule has 6 unspecified atom stereocenters. The number of allylic oxidation sites excluding steroid dienone is 7. The minimum absolute atomic E-state index is 0.0271. The Morgan fingerprint density at radius 1 is 0.746 bits per heavy atom. The molecule has 5 aromatic carbocycles. The first-order chi connectivity index (χ1) is 29.1. The first kappa shape index (κ1) is 35.3. The van der Waals surface area contributed by atoms with Crippen molar-refractivity contribution in [3.8, 4) is 5.75 Å². The molecule has 59 heavy (non-hydrogen) atoms. The summed E-state index contributed by atoms with van der Waals surface area (Å²) in [6.45, 7) is 2.44. The highest BCUT2D eigenvalue weighted by Gasteiger charge is 2.39. The summed E-state index contributed by atoms with van der Waals surface area (Å²) in [5, 5.41) is 4.03. The van der Waals surface area contributed by atoms with Crippen LogP contribution in [0.3, 0.4) is 0 Å². The van der Waals surface area contributed by atoms with Crippen molar-refractivity contribution >= 4 is 54.1 Å². The first-order valence-electron chi connectivity index (χ1n) is 21.9. The van der Waals surface area contributed by atoms with Crippen molar-refractivity contribution in [1.82, 2.24) is 0 Å². The Hall–Kier alpha value is -5.64. The number of benzene rings is 5. The predicted molar refractivity (Wildman–Crippen MR) is 247 cm³/mol. The largest absolute Gasteiger partial charge is 0.485 e. The van der Waals surface area contributed by atoms with E-state index in [2.05, 4.69) is 165 Å². The number of para-hydroxylation sites is 1. The van der Waals surface area contributed by atoms with Crippen LogP contribution in [0.15, 0.2) is 162 Å². The van der Waals surface area contributed by atoms with Gasteiger partial charge < -0.3 is 9.15 Å². The number of rotatable bonds is 7. The highest BCUT2D eigenvalue weighted by atomic mass is 32.1. The van der Waals surface area contributed by atoms with Crippen molar-refractivity contribution in [2.75, 3.05) is 0 Å². The molecule has 7 atom stereocenters. The summed E-state index contributed by atoms with van der Waals surface area (Å²) in [6.07, 6.45) is 25.3. The van der Waals surface area contributed by atoms with Crippen molar-refractivity contribution in [3.05, 3.63) is 196 Å². The van der Waals surface area contributed by atoms with Gasteiger partial charge in [-0.15, -0.1) is 11.3 Å². The molecule has 2 nitrogen and oxygen atoms in total. The highest BCUT2D eigenvalue weighted by Crippen LogP contribution is 2.53. The van der Waals surface area contributed by atoms with E-state index >= 15 is 0 Å². The van der Waals surface area contributed by atoms with Gasteiger partial charge in [0.05, 0.1) is 0 Å². The van der Waals surface area contributed by atoms with E-state index in [4.69, 9.17) is 9.15 Å². The lowest BCUT2D eigenvalue weighted by Gasteiger charge is -2.40.